The second-order valence-corrected chi connectivity index (χ2v) is 11.6. The normalized spacial score (nSPS) is 11.9. The van der Waals surface area contributed by atoms with Crippen molar-refractivity contribution in [2.75, 3.05) is 31.5 Å². The highest BCUT2D eigenvalue weighted by molar-refractivity contribution is 7.91. The monoisotopic (exact) mass is 531 g/mol. The van der Waals surface area contributed by atoms with Crippen LogP contribution in [0.2, 0.25) is 0 Å². The van der Waals surface area contributed by atoms with E-state index in [1.54, 1.807) is 37.3 Å². The third-order valence-corrected chi connectivity index (χ3v) is 6.91. The summed E-state index contributed by atoms with van der Waals surface area (Å²) in [4.78, 5) is 20.0. The van der Waals surface area contributed by atoms with Gasteiger partial charge in [0.15, 0.2) is 24.7 Å². The summed E-state index contributed by atoms with van der Waals surface area (Å²) in [6, 6.07) is 11.1. The summed E-state index contributed by atoms with van der Waals surface area (Å²) < 4.78 is 59.3. The molecule has 0 aliphatic rings. The molecule has 3 aromatic rings. The number of nitrogens with one attached hydrogen (secondary N) is 1. The number of benzene rings is 2. The lowest BCUT2D eigenvalue weighted by Gasteiger charge is -2.12. The molecule has 190 valence electrons. The molecule has 0 fully saturated rings. The highest BCUT2D eigenvalue weighted by Crippen LogP contribution is 2.29. The molecule has 0 aliphatic carbocycles. The first-order chi connectivity index (χ1) is 16.9. The van der Waals surface area contributed by atoms with Crippen LogP contribution >= 0.6 is 0 Å². The van der Waals surface area contributed by atoms with Crippen LogP contribution in [0.4, 0.5) is 11.6 Å². The Morgan fingerprint density at radius 3 is 2.44 bits per heavy atom. The molecule has 0 spiro atoms. The lowest BCUT2D eigenvalue weighted by Crippen LogP contribution is -2.08. The Bertz CT molecular complexity index is 1530. The van der Waals surface area contributed by atoms with E-state index in [2.05, 4.69) is 15.3 Å². The van der Waals surface area contributed by atoms with Gasteiger partial charge in [-0.05, 0) is 42.3 Å². The summed E-state index contributed by atoms with van der Waals surface area (Å²) in [6.07, 6.45) is 6.29. The predicted octanol–water partition coefficient (Wildman–Crippen LogP) is 3.28. The number of hydrogen-bond acceptors (Lipinski definition) is 10. The van der Waals surface area contributed by atoms with Crippen molar-refractivity contribution in [3.05, 3.63) is 60.3 Å². The van der Waals surface area contributed by atoms with Gasteiger partial charge in [0.05, 0.1) is 18.6 Å². The van der Waals surface area contributed by atoms with Gasteiger partial charge >= 0.3 is 5.97 Å². The van der Waals surface area contributed by atoms with Crippen LogP contribution in [0.1, 0.15) is 12.5 Å². The molecular weight excluding hydrogens is 506 g/mol. The fourth-order valence-electron chi connectivity index (χ4n) is 3.18. The SMILES string of the molecule is CCOC(=O)C=Cc1cccc(-c2cnc(Nc3cc(OC)cc(S(C)(=O)=O)c3)nc2S(C)(=O)=O)c1. The van der Waals surface area contributed by atoms with Gasteiger partial charge in [0, 0.05) is 42.1 Å². The fraction of sp³-hybridized carbons (Fsp3) is 0.208. The van der Waals surface area contributed by atoms with Crippen molar-refractivity contribution >= 4 is 43.4 Å². The van der Waals surface area contributed by atoms with Gasteiger partial charge in [0.25, 0.3) is 0 Å². The molecule has 12 heteroatoms. The molecule has 0 saturated carbocycles. The van der Waals surface area contributed by atoms with E-state index in [1.807, 2.05) is 0 Å². The van der Waals surface area contributed by atoms with E-state index in [9.17, 15) is 21.6 Å². The van der Waals surface area contributed by atoms with E-state index in [0.717, 1.165) is 12.5 Å². The number of aromatic nitrogens is 2. The Hall–Kier alpha value is -3.77. The molecule has 0 amide bonds. The molecule has 1 aromatic heterocycles. The van der Waals surface area contributed by atoms with E-state index in [1.165, 1.54) is 37.6 Å². The van der Waals surface area contributed by atoms with Crippen LogP contribution in [-0.4, -0.2) is 59.0 Å². The van der Waals surface area contributed by atoms with Gasteiger partial charge in [-0.3, -0.25) is 0 Å². The first-order valence-electron chi connectivity index (χ1n) is 10.6. The lowest BCUT2D eigenvalue weighted by atomic mass is 10.1. The highest BCUT2D eigenvalue weighted by Gasteiger charge is 2.19. The molecule has 0 bridgehead atoms. The van der Waals surface area contributed by atoms with Gasteiger partial charge in [-0.1, -0.05) is 18.2 Å². The quantitative estimate of drug-likeness (QED) is 0.248. The zero-order chi connectivity index (χ0) is 26.5. The number of carbonyl (C=O) groups excluding carboxylic acids is 1. The van der Waals surface area contributed by atoms with E-state index in [-0.39, 0.29) is 33.8 Å². The van der Waals surface area contributed by atoms with Crippen molar-refractivity contribution in [1.82, 2.24) is 9.97 Å². The first-order valence-corrected chi connectivity index (χ1v) is 14.4. The molecule has 0 saturated heterocycles. The zero-order valence-corrected chi connectivity index (χ0v) is 21.7. The number of sulfone groups is 2. The predicted molar refractivity (Wildman–Crippen MR) is 136 cm³/mol. The number of carbonyl (C=O) groups is 1. The van der Waals surface area contributed by atoms with Crippen LogP contribution in [-0.2, 0) is 29.2 Å². The average molecular weight is 532 g/mol. The summed E-state index contributed by atoms with van der Waals surface area (Å²) in [5, 5.41) is 2.62. The summed E-state index contributed by atoms with van der Waals surface area (Å²) in [5.74, 6) is -0.256. The van der Waals surface area contributed by atoms with Crippen molar-refractivity contribution in [2.24, 2.45) is 0 Å². The van der Waals surface area contributed by atoms with Crippen molar-refractivity contribution in [3.63, 3.8) is 0 Å². The number of anilines is 2. The number of esters is 1. The Balaban J connectivity index is 2.02. The Kier molecular flexibility index (Phi) is 8.10. The molecule has 1 N–H and O–H groups in total. The molecule has 0 unspecified atom stereocenters. The molecule has 10 nitrogen and oxygen atoms in total. The highest BCUT2D eigenvalue weighted by atomic mass is 32.2. The Labute approximate surface area is 209 Å². The van der Waals surface area contributed by atoms with Crippen LogP contribution in [0.5, 0.6) is 5.75 Å². The van der Waals surface area contributed by atoms with Crippen LogP contribution in [0.15, 0.2) is 64.7 Å². The largest absolute Gasteiger partial charge is 0.497 e. The van der Waals surface area contributed by atoms with Crippen molar-refractivity contribution in [3.8, 4) is 16.9 Å². The van der Waals surface area contributed by atoms with Crippen LogP contribution in [0.25, 0.3) is 17.2 Å². The lowest BCUT2D eigenvalue weighted by molar-refractivity contribution is -0.137. The molecule has 3 rings (SSSR count). The molecule has 1 heterocycles. The summed E-state index contributed by atoms with van der Waals surface area (Å²) >= 11 is 0. The van der Waals surface area contributed by atoms with Crippen molar-refractivity contribution in [2.45, 2.75) is 16.8 Å². The first kappa shape index (κ1) is 26.8. The minimum atomic E-state index is -3.79. The van der Waals surface area contributed by atoms with Crippen LogP contribution < -0.4 is 10.1 Å². The van der Waals surface area contributed by atoms with E-state index in [4.69, 9.17) is 9.47 Å². The van der Waals surface area contributed by atoms with Gasteiger partial charge in [0.2, 0.25) is 5.95 Å². The Morgan fingerprint density at radius 2 is 1.81 bits per heavy atom. The number of nitrogens with zero attached hydrogens (tertiary/aromatic N) is 2. The summed E-state index contributed by atoms with van der Waals surface area (Å²) in [7, 11) is -5.93. The van der Waals surface area contributed by atoms with E-state index >= 15 is 0 Å². The number of methoxy groups -OCH3 is 1. The zero-order valence-electron chi connectivity index (χ0n) is 20.0. The maximum Gasteiger partial charge on any atom is 0.330 e. The van der Waals surface area contributed by atoms with Gasteiger partial charge in [0.1, 0.15) is 5.75 Å². The van der Waals surface area contributed by atoms with Gasteiger partial charge < -0.3 is 14.8 Å². The number of hydrogen-bond donors (Lipinski definition) is 1. The third kappa shape index (κ3) is 6.89. The third-order valence-electron chi connectivity index (χ3n) is 4.80. The maximum absolute atomic E-state index is 12.6. The molecule has 2 aromatic carbocycles. The van der Waals surface area contributed by atoms with Gasteiger partial charge in [-0.2, -0.15) is 0 Å². The molecule has 0 radical (unpaired) electrons. The summed E-state index contributed by atoms with van der Waals surface area (Å²) in [6.45, 7) is 1.96. The van der Waals surface area contributed by atoms with Crippen molar-refractivity contribution < 1.29 is 31.1 Å². The van der Waals surface area contributed by atoms with Gasteiger partial charge in [-0.15, -0.1) is 0 Å². The minimum Gasteiger partial charge on any atom is -0.497 e. The maximum atomic E-state index is 12.6. The molecule has 0 aliphatic heterocycles. The van der Waals surface area contributed by atoms with Crippen LogP contribution in [0.3, 0.4) is 0 Å². The fourth-order valence-corrected chi connectivity index (χ4v) is 4.67. The number of ether oxygens (including phenoxy) is 2. The minimum absolute atomic E-state index is 0.0111. The second-order valence-electron chi connectivity index (χ2n) is 7.69. The van der Waals surface area contributed by atoms with Gasteiger partial charge in [-0.25, -0.2) is 31.6 Å². The number of rotatable bonds is 9. The van der Waals surface area contributed by atoms with Crippen LogP contribution in [0, 0.1) is 0 Å². The molecule has 36 heavy (non-hydrogen) atoms. The molecular formula is C24H25N3O7S2. The Morgan fingerprint density at radius 1 is 1.06 bits per heavy atom. The van der Waals surface area contributed by atoms with Crippen molar-refractivity contribution in [1.29, 1.82) is 0 Å². The second kappa shape index (κ2) is 10.9. The summed E-state index contributed by atoms with van der Waals surface area (Å²) in [5.41, 5.74) is 1.73. The standard InChI is InChI=1S/C24H25N3O7S2/c1-5-34-22(28)10-9-16-7-6-8-17(11-16)21-15-25-24(27-23(21)36(4,31)32)26-18-12-19(33-2)14-20(13-18)35(3,29)30/h6-15H,5H2,1-4H3,(H,25,26,27). The smallest absolute Gasteiger partial charge is 0.330 e. The topological polar surface area (TPSA) is 142 Å². The average Bonchev–Trinajstić information content (AvgIpc) is 2.82. The van der Waals surface area contributed by atoms with E-state index < -0.39 is 25.6 Å². The van der Waals surface area contributed by atoms with E-state index in [0.29, 0.717) is 16.8 Å². The molecule has 0 atom stereocenters.